The van der Waals surface area contributed by atoms with Crippen molar-refractivity contribution >= 4 is 21.8 Å². The van der Waals surface area contributed by atoms with Crippen molar-refractivity contribution in [2.24, 2.45) is 5.73 Å². The van der Waals surface area contributed by atoms with Crippen molar-refractivity contribution in [2.75, 3.05) is 26.3 Å². The average Bonchev–Trinajstić information content (AvgIpc) is 2.96. The molecule has 0 saturated carbocycles. The topological polar surface area (TPSA) is 110 Å². The lowest BCUT2D eigenvalue weighted by Crippen LogP contribution is -2.59. The van der Waals surface area contributed by atoms with E-state index in [1.807, 2.05) is 60.7 Å². The fraction of sp³-hybridized carbons (Fsp3) is 0.310. The summed E-state index contributed by atoms with van der Waals surface area (Å²) in [4.78, 5) is 30.2. The molecule has 2 N–H and O–H groups in total. The third-order valence-electron chi connectivity index (χ3n) is 6.58. The highest BCUT2D eigenvalue weighted by Crippen LogP contribution is 2.26. The maximum Gasteiger partial charge on any atom is 0.328 e. The number of benzene rings is 3. The fourth-order valence-corrected chi connectivity index (χ4v) is 6.28. The molecule has 1 fully saturated rings. The molecule has 3 aromatic rings. The van der Waals surface area contributed by atoms with E-state index in [9.17, 15) is 18.0 Å². The first kappa shape index (κ1) is 27.5. The van der Waals surface area contributed by atoms with Gasteiger partial charge in [0.15, 0.2) is 9.84 Å². The second-order valence-electron chi connectivity index (χ2n) is 9.22. The summed E-state index contributed by atoms with van der Waals surface area (Å²) in [6.45, 7) is 1.13. The van der Waals surface area contributed by atoms with Crippen molar-refractivity contribution in [3.05, 3.63) is 102 Å². The van der Waals surface area contributed by atoms with Crippen LogP contribution in [0.2, 0.25) is 0 Å². The van der Waals surface area contributed by atoms with Gasteiger partial charge in [-0.2, -0.15) is 0 Å². The lowest BCUT2D eigenvalue weighted by atomic mass is 10.0. The summed E-state index contributed by atoms with van der Waals surface area (Å²) < 4.78 is 33.5. The maximum atomic E-state index is 14.0. The Labute approximate surface area is 223 Å². The van der Waals surface area contributed by atoms with Crippen molar-refractivity contribution in [1.29, 1.82) is 0 Å². The van der Waals surface area contributed by atoms with Gasteiger partial charge < -0.3 is 15.4 Å². The second-order valence-corrected chi connectivity index (χ2v) is 11.3. The Morgan fingerprint density at radius 2 is 1.37 bits per heavy atom. The van der Waals surface area contributed by atoms with Gasteiger partial charge in [-0.3, -0.25) is 4.79 Å². The number of morpholine rings is 1. The third kappa shape index (κ3) is 6.66. The molecule has 2 atom stereocenters. The van der Waals surface area contributed by atoms with Crippen molar-refractivity contribution in [3.8, 4) is 0 Å². The van der Waals surface area contributed by atoms with Crippen LogP contribution in [0.15, 0.2) is 95.9 Å². The molecule has 0 aromatic heterocycles. The normalized spacial score (nSPS) is 15.4. The molecule has 0 bridgehead atoms. The van der Waals surface area contributed by atoms with Gasteiger partial charge in [0, 0.05) is 13.1 Å². The first-order chi connectivity index (χ1) is 18.4. The van der Waals surface area contributed by atoms with Crippen LogP contribution in [0.4, 0.5) is 4.79 Å². The van der Waals surface area contributed by atoms with E-state index in [-0.39, 0.29) is 30.8 Å². The molecule has 200 valence electrons. The number of nitrogens with zero attached hydrogens (tertiary/aromatic N) is 2. The summed E-state index contributed by atoms with van der Waals surface area (Å²) in [5.74, 6) is -0.720. The summed E-state index contributed by atoms with van der Waals surface area (Å²) >= 11 is 0. The van der Waals surface area contributed by atoms with E-state index in [2.05, 4.69) is 0 Å². The van der Waals surface area contributed by atoms with Crippen LogP contribution in [-0.2, 0) is 32.2 Å². The van der Waals surface area contributed by atoms with Crippen LogP contribution in [0.5, 0.6) is 0 Å². The number of ether oxygens (including phenoxy) is 1. The molecule has 4 rings (SSSR count). The Morgan fingerprint density at radius 3 is 1.95 bits per heavy atom. The predicted octanol–water partition coefficient (Wildman–Crippen LogP) is 3.27. The lowest BCUT2D eigenvalue weighted by molar-refractivity contribution is -0.131. The summed E-state index contributed by atoms with van der Waals surface area (Å²) in [6, 6.07) is 24.8. The largest absolute Gasteiger partial charge is 0.378 e. The van der Waals surface area contributed by atoms with Crippen molar-refractivity contribution < 1.29 is 22.7 Å². The smallest absolute Gasteiger partial charge is 0.328 e. The number of rotatable bonds is 9. The fourth-order valence-electron chi connectivity index (χ4n) is 4.53. The molecular formula is C29H33N3O5S. The number of carbonyl (C=O) groups excluding carboxylic acids is 2. The molecule has 8 nitrogen and oxygen atoms in total. The van der Waals surface area contributed by atoms with Crippen LogP contribution in [0.3, 0.4) is 0 Å². The van der Waals surface area contributed by atoms with E-state index >= 15 is 0 Å². The van der Waals surface area contributed by atoms with Gasteiger partial charge in [-0.15, -0.1) is 0 Å². The molecule has 0 spiro atoms. The van der Waals surface area contributed by atoms with Gasteiger partial charge in [0.25, 0.3) is 0 Å². The SMILES string of the molecule is N[C@@H](Cc1ccccc1)C(=O)N(C(=O)N1CCOCC1)C(CCc1ccccc1)S(=O)(=O)c1ccccc1. The number of amides is 3. The van der Waals surface area contributed by atoms with Crippen LogP contribution in [0.1, 0.15) is 17.5 Å². The number of urea groups is 1. The van der Waals surface area contributed by atoms with E-state index in [1.54, 1.807) is 18.2 Å². The molecule has 3 amide bonds. The van der Waals surface area contributed by atoms with Crippen LogP contribution < -0.4 is 5.73 Å². The number of nitrogens with two attached hydrogens (primary N) is 1. The standard InChI is InChI=1S/C29H33N3O5S/c30-26(22-24-12-6-2-7-13-24)28(33)32(29(34)31-18-20-37-21-19-31)27(17-16-23-10-4-1-5-11-23)38(35,36)25-14-8-3-9-15-25/h1-15,26-27H,16-22,30H2/t26-,27?/m0/s1. The molecule has 1 heterocycles. The Kier molecular flexibility index (Phi) is 9.28. The molecule has 1 unspecified atom stereocenters. The van der Waals surface area contributed by atoms with Crippen LogP contribution >= 0.6 is 0 Å². The van der Waals surface area contributed by atoms with Gasteiger partial charge in [0.2, 0.25) is 5.91 Å². The Balaban J connectivity index is 1.74. The number of sulfone groups is 1. The predicted molar refractivity (Wildman–Crippen MR) is 145 cm³/mol. The number of hydrogen-bond donors (Lipinski definition) is 1. The van der Waals surface area contributed by atoms with Gasteiger partial charge in [0.1, 0.15) is 5.37 Å². The van der Waals surface area contributed by atoms with E-state index in [1.165, 1.54) is 17.0 Å². The molecule has 1 aliphatic heterocycles. The van der Waals surface area contributed by atoms with E-state index in [4.69, 9.17) is 10.5 Å². The van der Waals surface area contributed by atoms with Gasteiger partial charge in [-0.1, -0.05) is 78.9 Å². The zero-order chi connectivity index (χ0) is 27.0. The molecule has 0 aliphatic carbocycles. The summed E-state index contributed by atoms with van der Waals surface area (Å²) in [6.07, 6.45) is 0.552. The Hall–Kier alpha value is -3.53. The quantitative estimate of drug-likeness (QED) is 0.450. The second kappa shape index (κ2) is 12.8. The average molecular weight is 536 g/mol. The molecule has 9 heteroatoms. The molecule has 1 aliphatic rings. The third-order valence-corrected chi connectivity index (χ3v) is 8.67. The number of aryl methyl sites for hydroxylation is 1. The first-order valence-electron chi connectivity index (χ1n) is 12.7. The molecule has 1 saturated heterocycles. The zero-order valence-corrected chi connectivity index (χ0v) is 22.0. The van der Waals surface area contributed by atoms with Crippen LogP contribution in [0.25, 0.3) is 0 Å². The minimum absolute atomic E-state index is 0.0289. The van der Waals surface area contributed by atoms with Gasteiger partial charge in [-0.05, 0) is 42.5 Å². The van der Waals surface area contributed by atoms with E-state index < -0.39 is 33.2 Å². The first-order valence-corrected chi connectivity index (χ1v) is 14.2. The summed E-state index contributed by atoms with van der Waals surface area (Å²) in [5.41, 5.74) is 8.08. The minimum Gasteiger partial charge on any atom is -0.378 e. The van der Waals surface area contributed by atoms with Gasteiger partial charge in [-0.25, -0.2) is 18.1 Å². The summed E-state index contributed by atoms with van der Waals surface area (Å²) in [7, 11) is -4.13. The molecule has 0 radical (unpaired) electrons. The van der Waals surface area contributed by atoms with E-state index in [0.717, 1.165) is 16.0 Å². The molecule has 38 heavy (non-hydrogen) atoms. The van der Waals surface area contributed by atoms with Crippen molar-refractivity contribution in [1.82, 2.24) is 9.80 Å². The maximum absolute atomic E-state index is 14.0. The highest BCUT2D eigenvalue weighted by molar-refractivity contribution is 7.92. The van der Waals surface area contributed by atoms with Crippen molar-refractivity contribution in [3.63, 3.8) is 0 Å². The monoisotopic (exact) mass is 535 g/mol. The Bertz CT molecular complexity index is 1300. The van der Waals surface area contributed by atoms with Gasteiger partial charge >= 0.3 is 6.03 Å². The highest BCUT2D eigenvalue weighted by Gasteiger charge is 2.43. The highest BCUT2D eigenvalue weighted by atomic mass is 32.2. The molecular weight excluding hydrogens is 502 g/mol. The molecule has 3 aromatic carbocycles. The van der Waals surface area contributed by atoms with Crippen LogP contribution in [-0.4, -0.2) is 67.9 Å². The van der Waals surface area contributed by atoms with Crippen LogP contribution in [0, 0.1) is 0 Å². The number of hydrogen-bond acceptors (Lipinski definition) is 6. The summed E-state index contributed by atoms with van der Waals surface area (Å²) in [5, 5.41) is -1.44. The number of imide groups is 1. The van der Waals surface area contributed by atoms with Crippen molar-refractivity contribution in [2.45, 2.75) is 35.6 Å². The Morgan fingerprint density at radius 1 is 0.842 bits per heavy atom. The lowest BCUT2D eigenvalue weighted by Gasteiger charge is -2.37. The number of carbonyl (C=O) groups is 2. The van der Waals surface area contributed by atoms with E-state index in [0.29, 0.717) is 19.6 Å². The van der Waals surface area contributed by atoms with Gasteiger partial charge in [0.05, 0.1) is 24.2 Å². The minimum atomic E-state index is -4.13. The zero-order valence-electron chi connectivity index (χ0n) is 21.2.